The molecule has 1 rings (SSSR count). The van der Waals surface area contributed by atoms with E-state index in [1.165, 1.54) is 6.92 Å². The molecule has 0 aromatic rings. The van der Waals surface area contributed by atoms with Crippen molar-refractivity contribution in [2.75, 3.05) is 6.61 Å². The van der Waals surface area contributed by atoms with Crippen LogP contribution in [0.1, 0.15) is 6.92 Å². The number of rotatable bonds is 6. The second kappa shape index (κ2) is 10.7. The lowest BCUT2D eigenvalue weighted by molar-refractivity contribution is -0.145. The van der Waals surface area contributed by atoms with Gasteiger partial charge in [-0.2, -0.15) is 0 Å². The number of aliphatic hydroxyl groups excluding tert-OH is 3. The number of ether oxygens (including phenoxy) is 1. The van der Waals surface area contributed by atoms with Crippen molar-refractivity contribution in [1.29, 1.82) is 11.1 Å². The molecule has 0 saturated carbocycles. The predicted octanol–water partition coefficient (Wildman–Crippen LogP) is -3.67. The first-order valence-corrected chi connectivity index (χ1v) is 7.06. The van der Waals surface area contributed by atoms with Gasteiger partial charge in [0.25, 0.3) is 0 Å². The lowest BCUT2D eigenvalue weighted by Crippen LogP contribution is -2.59. The number of guanidine groups is 1. The van der Waals surface area contributed by atoms with Gasteiger partial charge in [-0.05, 0) is 6.08 Å². The number of aliphatic hydroxyl groups is 3. The molecule has 14 heteroatoms. The molecule has 1 aliphatic rings. The monoisotopic (exact) mass is 376 g/mol. The highest BCUT2D eigenvalue weighted by atomic mass is 16.5. The van der Waals surface area contributed by atoms with Gasteiger partial charge >= 0.3 is 5.97 Å². The minimum Gasteiger partial charge on any atom is -0.478 e. The molecule has 1 aliphatic heterocycles. The average molecular weight is 376 g/mol. The Morgan fingerprint density at radius 1 is 1.42 bits per heavy atom. The lowest BCUT2D eigenvalue weighted by atomic mass is 9.92. The van der Waals surface area contributed by atoms with E-state index in [1.54, 1.807) is 0 Å². The third-order valence-corrected chi connectivity index (χ3v) is 3.10. The number of carbonyl (C=O) groups excluding carboxylic acids is 1. The highest BCUT2D eigenvalue weighted by Gasteiger charge is 2.43. The fourth-order valence-corrected chi connectivity index (χ4v) is 2.14. The number of nitrogens with one attached hydrogen (secondary N) is 3. The van der Waals surface area contributed by atoms with Crippen molar-refractivity contribution in [1.82, 2.24) is 10.2 Å². The summed E-state index contributed by atoms with van der Waals surface area (Å²) in [6.07, 6.45) is -3.65. The number of carboxylic acid groups (broad SMARTS) is 1. The largest absolute Gasteiger partial charge is 0.478 e. The van der Waals surface area contributed by atoms with Crippen molar-refractivity contribution >= 4 is 17.8 Å². The van der Waals surface area contributed by atoms with E-state index in [0.717, 1.165) is 6.08 Å². The van der Waals surface area contributed by atoms with Crippen molar-refractivity contribution in [2.24, 2.45) is 16.5 Å². The Morgan fingerprint density at radius 3 is 2.35 bits per heavy atom. The Hall–Kier alpha value is -3.06. The molecule has 0 bridgehead atoms. The number of carboxylic acids is 1. The van der Waals surface area contributed by atoms with Gasteiger partial charge < -0.3 is 41.9 Å². The molecule has 0 aliphatic carbocycles. The average Bonchev–Trinajstić information content (AvgIpc) is 2.54. The third kappa shape index (κ3) is 6.82. The maximum Gasteiger partial charge on any atom is 0.370 e. The van der Waals surface area contributed by atoms with Crippen LogP contribution in [-0.2, 0) is 14.3 Å². The quantitative estimate of drug-likeness (QED) is 0.0954. The maximum absolute atomic E-state index is 11.4. The SMILES string of the molecule is CC(=O)N[C@H]1[C@H]([C@H](O)[C@H](O)CO)OC(C(=O)O)=C[C@@H]1N=C(N)N.N=[N+]=N. The summed E-state index contributed by atoms with van der Waals surface area (Å²) in [5.41, 5.74) is 21.6. The first kappa shape index (κ1) is 22.9. The second-order valence-corrected chi connectivity index (χ2v) is 5.04. The van der Waals surface area contributed by atoms with Gasteiger partial charge in [0.15, 0.2) is 5.96 Å². The summed E-state index contributed by atoms with van der Waals surface area (Å²) in [7, 11) is 0. The molecule has 26 heavy (non-hydrogen) atoms. The zero-order chi connectivity index (χ0) is 20.4. The van der Waals surface area contributed by atoms with Crippen LogP contribution in [0.2, 0.25) is 0 Å². The van der Waals surface area contributed by atoms with Crippen LogP contribution in [0, 0.1) is 11.1 Å². The van der Waals surface area contributed by atoms with Crippen LogP contribution >= 0.6 is 0 Å². The number of carbonyl (C=O) groups is 2. The Kier molecular flexibility index (Phi) is 9.47. The first-order valence-electron chi connectivity index (χ1n) is 7.06. The molecular formula is C12H22N7O7+. The maximum atomic E-state index is 11.4. The van der Waals surface area contributed by atoms with Crippen LogP contribution in [0.3, 0.4) is 0 Å². The second-order valence-electron chi connectivity index (χ2n) is 5.04. The summed E-state index contributed by atoms with van der Waals surface area (Å²) < 4.78 is 5.13. The standard InChI is InChI=1S/C12H20N4O7.H2N3/c1-4(18)15-8-5(16-12(13)14)2-7(11(21)22)23-10(8)9(20)6(19)3-17;1-3-2/h2,5-6,8-10,17,19-20H,3H2,1H3,(H,15,18)(H,21,22)(H4,13,14,16);1-2H/q;+1/t5-,6+,8+,9+,10+;/m0./s1. The summed E-state index contributed by atoms with van der Waals surface area (Å²) in [5, 5.41) is 40.1. The van der Waals surface area contributed by atoms with Crippen LogP contribution in [0.25, 0.3) is 0 Å². The fraction of sp³-hybridized carbons (Fsp3) is 0.583. The van der Waals surface area contributed by atoms with Gasteiger partial charge in [0.05, 0.1) is 18.7 Å². The van der Waals surface area contributed by atoms with Crippen molar-refractivity contribution < 1.29 is 34.8 Å². The van der Waals surface area contributed by atoms with E-state index in [0.29, 0.717) is 0 Å². The fourth-order valence-electron chi connectivity index (χ4n) is 2.14. The van der Waals surface area contributed by atoms with E-state index in [4.69, 9.17) is 37.5 Å². The van der Waals surface area contributed by atoms with Gasteiger partial charge in [-0.15, -0.1) is 0 Å². The summed E-state index contributed by atoms with van der Waals surface area (Å²) in [4.78, 5) is 28.3. The Balaban J connectivity index is 0.00000194. The number of aliphatic carboxylic acids is 1. The number of hydrogen-bond acceptors (Lipinski definition) is 9. The van der Waals surface area contributed by atoms with Gasteiger partial charge in [0, 0.05) is 6.92 Å². The first-order chi connectivity index (χ1) is 12.1. The van der Waals surface area contributed by atoms with Crippen LogP contribution in [0.4, 0.5) is 0 Å². The molecule has 1 amide bonds. The van der Waals surface area contributed by atoms with Gasteiger partial charge in [-0.1, -0.05) is 0 Å². The van der Waals surface area contributed by atoms with E-state index < -0.39 is 54.6 Å². The van der Waals surface area contributed by atoms with Gasteiger partial charge in [-0.25, -0.2) is 9.79 Å². The number of nitrogens with zero attached hydrogens (tertiary/aromatic N) is 2. The normalized spacial score (nSPS) is 23.5. The van der Waals surface area contributed by atoms with Crippen molar-refractivity contribution in [3.05, 3.63) is 11.8 Å². The Labute approximate surface area is 147 Å². The predicted molar refractivity (Wildman–Crippen MR) is 84.5 cm³/mol. The summed E-state index contributed by atoms with van der Waals surface area (Å²) in [6.45, 7) is 0.391. The molecule has 5 atom stereocenters. The number of nitrogens with two attached hydrogens (primary N) is 2. The van der Waals surface area contributed by atoms with Crippen molar-refractivity contribution in [2.45, 2.75) is 37.3 Å². The molecule has 0 aromatic carbocycles. The molecule has 0 radical (unpaired) electrons. The highest BCUT2D eigenvalue weighted by Crippen LogP contribution is 2.24. The molecule has 0 fully saturated rings. The molecule has 0 spiro atoms. The van der Waals surface area contributed by atoms with E-state index in [2.05, 4.69) is 10.3 Å². The van der Waals surface area contributed by atoms with Gasteiger partial charge in [0.2, 0.25) is 16.6 Å². The topological polar surface area (TPSA) is 263 Å². The Morgan fingerprint density at radius 2 is 1.96 bits per heavy atom. The smallest absolute Gasteiger partial charge is 0.370 e. The van der Waals surface area contributed by atoms with Crippen LogP contribution in [0.15, 0.2) is 16.8 Å². The molecule has 0 saturated heterocycles. The van der Waals surface area contributed by atoms with Crippen LogP contribution in [0.5, 0.6) is 0 Å². The van der Waals surface area contributed by atoms with Crippen molar-refractivity contribution in [3.63, 3.8) is 0 Å². The minimum atomic E-state index is -1.70. The van der Waals surface area contributed by atoms with E-state index in [-0.39, 0.29) is 5.96 Å². The minimum absolute atomic E-state index is 0.371. The molecule has 146 valence electrons. The zero-order valence-electron chi connectivity index (χ0n) is 13.7. The molecule has 1 heterocycles. The summed E-state index contributed by atoms with van der Waals surface area (Å²) in [6, 6.07) is -2.11. The van der Waals surface area contributed by atoms with Crippen LogP contribution in [-0.4, -0.2) is 75.3 Å². The number of amides is 1. The van der Waals surface area contributed by atoms with E-state index in [9.17, 15) is 19.8 Å². The van der Waals surface area contributed by atoms with E-state index >= 15 is 0 Å². The number of aliphatic imine (C=N–C) groups is 1. The van der Waals surface area contributed by atoms with Crippen molar-refractivity contribution in [3.8, 4) is 0 Å². The Bertz CT molecular complexity index is 599. The molecule has 0 unspecified atom stereocenters. The molecule has 14 nitrogen and oxygen atoms in total. The summed E-state index contributed by atoms with van der Waals surface area (Å²) >= 11 is 0. The lowest BCUT2D eigenvalue weighted by Gasteiger charge is -2.38. The zero-order valence-corrected chi connectivity index (χ0v) is 13.7. The van der Waals surface area contributed by atoms with Gasteiger partial charge in [-0.3, -0.25) is 4.79 Å². The highest BCUT2D eigenvalue weighted by molar-refractivity contribution is 5.85. The van der Waals surface area contributed by atoms with Gasteiger partial charge in [0.1, 0.15) is 29.4 Å². The summed E-state index contributed by atoms with van der Waals surface area (Å²) in [5.74, 6) is -2.89. The molecule has 11 N–H and O–H groups in total. The molecular weight excluding hydrogens is 354 g/mol. The van der Waals surface area contributed by atoms with E-state index in [1.807, 2.05) is 4.91 Å². The van der Waals surface area contributed by atoms with Crippen LogP contribution < -0.4 is 21.7 Å². The molecule has 0 aromatic heterocycles. The third-order valence-electron chi connectivity index (χ3n) is 3.10. The number of hydrogen-bond donors (Lipinski definition) is 9.